The quantitative estimate of drug-likeness (QED) is 0.384. The molecule has 0 bridgehead atoms. The minimum atomic E-state index is -0.757. The molecule has 10 nitrogen and oxygen atoms in total. The predicted octanol–water partition coefficient (Wildman–Crippen LogP) is 2.08. The molecule has 188 valence electrons. The second-order valence-corrected chi connectivity index (χ2v) is 8.75. The molecule has 1 aliphatic heterocycles. The van der Waals surface area contributed by atoms with Gasteiger partial charge in [0.2, 0.25) is 5.91 Å². The highest BCUT2D eigenvalue weighted by Gasteiger charge is 2.37. The molecule has 3 N–H and O–H groups in total. The zero-order valence-electron chi connectivity index (χ0n) is 20.0. The number of nitrogens with one attached hydrogen (secondary N) is 1. The van der Waals surface area contributed by atoms with Gasteiger partial charge in [0.05, 0.1) is 41.1 Å². The van der Waals surface area contributed by atoms with E-state index in [2.05, 4.69) is 33.8 Å². The SMILES string of the molecule is C=CC(=O)N1CC(n2nc(C#Cc3c(Cl)cc4c(ncn4C)c3F)c(C(N)=O)c2NC)C[C@@H]1COC. The van der Waals surface area contributed by atoms with Crippen LogP contribution in [0.4, 0.5) is 10.2 Å². The van der Waals surface area contributed by atoms with Crippen molar-refractivity contribution in [2.75, 3.05) is 32.6 Å². The van der Waals surface area contributed by atoms with E-state index >= 15 is 4.39 Å². The third kappa shape index (κ3) is 4.29. The standard InChI is InChI=1S/C24H25ClFN7O3/c1-5-19(34)32-10-13(8-14(32)11-36-4)33-24(28-2)20(23(27)35)17(30-33)7-6-15-16(25)9-18-22(21(15)26)29-12-31(18)3/h5,9,12-14,28H,1,8,10-11H2,2-4H3,(H2,27,35)/t13?,14-/m1/s1. The number of anilines is 1. The van der Waals surface area contributed by atoms with E-state index in [1.807, 2.05) is 0 Å². The Morgan fingerprint density at radius 1 is 1.44 bits per heavy atom. The lowest BCUT2D eigenvalue weighted by atomic mass is 10.1. The normalized spacial score (nSPS) is 17.2. The minimum absolute atomic E-state index is 0.0530. The Balaban J connectivity index is 1.79. The van der Waals surface area contributed by atoms with Crippen molar-refractivity contribution < 1.29 is 18.7 Å². The van der Waals surface area contributed by atoms with Gasteiger partial charge in [-0.15, -0.1) is 0 Å². The summed E-state index contributed by atoms with van der Waals surface area (Å²) in [7, 11) is 4.91. The molecule has 2 aromatic heterocycles. The summed E-state index contributed by atoms with van der Waals surface area (Å²) in [6, 6.07) is 1.07. The Hall–Kier alpha value is -3.88. The van der Waals surface area contributed by atoms with Gasteiger partial charge >= 0.3 is 0 Å². The fourth-order valence-corrected chi connectivity index (χ4v) is 4.73. The van der Waals surface area contributed by atoms with Crippen LogP contribution in [0.25, 0.3) is 11.0 Å². The van der Waals surface area contributed by atoms with Crippen LogP contribution in [0.1, 0.15) is 34.1 Å². The lowest BCUT2D eigenvalue weighted by molar-refractivity contribution is -0.127. The molecule has 0 radical (unpaired) electrons. The Labute approximate surface area is 211 Å². The van der Waals surface area contributed by atoms with Gasteiger partial charge in [0.1, 0.15) is 16.9 Å². The number of ether oxygens (including phenoxy) is 1. The molecule has 36 heavy (non-hydrogen) atoms. The zero-order chi connectivity index (χ0) is 26.1. The summed E-state index contributed by atoms with van der Waals surface area (Å²) in [5, 5.41) is 7.59. The summed E-state index contributed by atoms with van der Waals surface area (Å²) in [4.78, 5) is 30.5. The summed E-state index contributed by atoms with van der Waals surface area (Å²) >= 11 is 6.31. The van der Waals surface area contributed by atoms with Crippen LogP contribution in [0.5, 0.6) is 0 Å². The molecule has 4 rings (SSSR count). The highest BCUT2D eigenvalue weighted by Crippen LogP contribution is 2.33. The Morgan fingerprint density at radius 3 is 2.83 bits per heavy atom. The first-order valence-corrected chi connectivity index (χ1v) is 11.4. The number of carbonyl (C=O) groups excluding carboxylic acids is 2. The van der Waals surface area contributed by atoms with Crippen LogP contribution in [0.3, 0.4) is 0 Å². The van der Waals surface area contributed by atoms with Gasteiger partial charge in [-0.25, -0.2) is 14.1 Å². The number of aryl methyl sites for hydroxylation is 1. The predicted molar refractivity (Wildman–Crippen MR) is 133 cm³/mol. The van der Waals surface area contributed by atoms with Crippen LogP contribution in [-0.4, -0.2) is 69.4 Å². The number of amides is 2. The number of likely N-dealkylation sites (tertiary alicyclic amines) is 1. The number of fused-ring (bicyclic) bond motifs is 1. The van der Waals surface area contributed by atoms with Gasteiger partial charge in [0, 0.05) is 27.7 Å². The molecule has 3 heterocycles. The zero-order valence-corrected chi connectivity index (χ0v) is 20.8. The second kappa shape index (κ2) is 10.0. The summed E-state index contributed by atoms with van der Waals surface area (Å²) in [6.07, 6.45) is 3.24. The van der Waals surface area contributed by atoms with Crippen molar-refractivity contribution in [3.63, 3.8) is 0 Å². The number of nitrogens with zero attached hydrogens (tertiary/aromatic N) is 5. The van der Waals surface area contributed by atoms with Crippen LogP contribution < -0.4 is 11.1 Å². The lowest BCUT2D eigenvalue weighted by Gasteiger charge is -2.22. The number of imidazole rings is 1. The maximum absolute atomic E-state index is 15.1. The maximum Gasteiger partial charge on any atom is 0.255 e. The number of hydrogen-bond acceptors (Lipinski definition) is 6. The van der Waals surface area contributed by atoms with Crippen LogP contribution >= 0.6 is 11.6 Å². The van der Waals surface area contributed by atoms with Crippen LogP contribution in [0.15, 0.2) is 25.0 Å². The number of hydrogen-bond donors (Lipinski definition) is 2. The molecule has 12 heteroatoms. The summed E-state index contributed by atoms with van der Waals surface area (Å²) in [5.41, 5.74) is 6.36. The van der Waals surface area contributed by atoms with E-state index in [1.54, 1.807) is 41.4 Å². The smallest absolute Gasteiger partial charge is 0.255 e. The number of carbonyl (C=O) groups is 2. The third-order valence-electron chi connectivity index (χ3n) is 6.17. The van der Waals surface area contributed by atoms with E-state index in [0.29, 0.717) is 30.9 Å². The van der Waals surface area contributed by atoms with Crippen molar-refractivity contribution in [3.05, 3.63) is 52.7 Å². The van der Waals surface area contributed by atoms with Crippen molar-refractivity contribution >= 4 is 40.3 Å². The van der Waals surface area contributed by atoms with Gasteiger partial charge in [-0.05, 0) is 24.5 Å². The molecule has 2 amide bonds. The molecule has 1 unspecified atom stereocenters. The molecular weight excluding hydrogens is 489 g/mol. The average Bonchev–Trinajstić information content (AvgIpc) is 3.54. The number of halogens is 2. The first kappa shape index (κ1) is 25.2. The molecule has 1 aromatic carbocycles. The molecule has 1 fully saturated rings. The van der Waals surface area contributed by atoms with Gasteiger partial charge in [0.15, 0.2) is 11.5 Å². The topological polar surface area (TPSA) is 120 Å². The third-order valence-corrected chi connectivity index (χ3v) is 6.46. The molecule has 1 saturated heterocycles. The van der Waals surface area contributed by atoms with E-state index < -0.39 is 11.7 Å². The molecule has 0 spiro atoms. The van der Waals surface area contributed by atoms with E-state index in [1.165, 1.54) is 12.4 Å². The van der Waals surface area contributed by atoms with E-state index in [9.17, 15) is 9.59 Å². The second-order valence-electron chi connectivity index (χ2n) is 8.35. The largest absolute Gasteiger partial charge is 0.383 e. The molecular formula is C24H25ClFN7O3. The van der Waals surface area contributed by atoms with Crippen molar-refractivity contribution in [1.29, 1.82) is 0 Å². The molecule has 0 saturated carbocycles. The average molecular weight is 514 g/mol. The molecule has 2 atom stereocenters. The fraction of sp³-hybridized carbons (Fsp3) is 0.333. The van der Waals surface area contributed by atoms with Gasteiger partial charge in [-0.2, -0.15) is 5.10 Å². The number of primary amides is 1. The highest BCUT2D eigenvalue weighted by atomic mass is 35.5. The summed E-state index contributed by atoms with van der Waals surface area (Å²) in [6.45, 7) is 4.21. The first-order chi connectivity index (χ1) is 17.2. The van der Waals surface area contributed by atoms with Crippen molar-refractivity contribution in [1.82, 2.24) is 24.2 Å². The minimum Gasteiger partial charge on any atom is -0.383 e. The fourth-order valence-electron chi connectivity index (χ4n) is 4.50. The maximum atomic E-state index is 15.1. The number of methoxy groups -OCH3 is 1. The number of aromatic nitrogens is 4. The Bertz CT molecular complexity index is 1440. The summed E-state index contributed by atoms with van der Waals surface area (Å²) < 4.78 is 23.6. The van der Waals surface area contributed by atoms with Gasteiger partial charge in [-0.3, -0.25) is 9.59 Å². The van der Waals surface area contributed by atoms with Crippen molar-refractivity contribution in [2.24, 2.45) is 12.8 Å². The lowest BCUT2D eigenvalue weighted by Crippen LogP contribution is -2.37. The summed E-state index contributed by atoms with van der Waals surface area (Å²) in [5.74, 6) is 4.14. The Kier molecular flexibility index (Phi) is 7.01. The van der Waals surface area contributed by atoms with Gasteiger partial charge < -0.3 is 25.3 Å². The molecule has 3 aromatic rings. The highest BCUT2D eigenvalue weighted by molar-refractivity contribution is 6.32. The van der Waals surface area contributed by atoms with Crippen molar-refractivity contribution in [3.8, 4) is 11.8 Å². The Morgan fingerprint density at radius 2 is 2.19 bits per heavy atom. The molecule has 1 aliphatic rings. The van der Waals surface area contributed by atoms with Crippen LogP contribution in [0, 0.1) is 17.7 Å². The molecule has 0 aliphatic carbocycles. The van der Waals surface area contributed by atoms with Gasteiger partial charge in [0.25, 0.3) is 5.91 Å². The van der Waals surface area contributed by atoms with E-state index in [-0.39, 0.29) is 45.4 Å². The number of nitrogens with two attached hydrogens (primary N) is 1. The number of benzene rings is 1. The van der Waals surface area contributed by atoms with E-state index in [0.717, 1.165) is 0 Å². The first-order valence-electron chi connectivity index (χ1n) is 11.0. The van der Waals surface area contributed by atoms with E-state index in [4.69, 9.17) is 22.1 Å². The number of rotatable bonds is 6. The van der Waals surface area contributed by atoms with Crippen LogP contribution in [0.2, 0.25) is 5.02 Å². The van der Waals surface area contributed by atoms with Crippen molar-refractivity contribution in [2.45, 2.75) is 18.5 Å². The van der Waals surface area contributed by atoms with Gasteiger partial charge in [-0.1, -0.05) is 24.1 Å². The van der Waals surface area contributed by atoms with Crippen LogP contribution in [-0.2, 0) is 16.6 Å². The monoisotopic (exact) mass is 513 g/mol.